The predicted octanol–water partition coefficient (Wildman–Crippen LogP) is 3.06. The molecule has 0 saturated heterocycles. The van der Waals surface area contributed by atoms with Crippen molar-refractivity contribution in [2.75, 3.05) is 5.73 Å². The molecule has 0 aliphatic heterocycles. The van der Waals surface area contributed by atoms with E-state index in [0.717, 1.165) is 12.1 Å². The number of aryl methyl sites for hydroxylation is 1. The Labute approximate surface area is 118 Å². The molecule has 3 N–H and O–H groups in total. The van der Waals surface area contributed by atoms with E-state index in [-0.39, 0.29) is 11.1 Å². The number of aromatic nitrogens is 1. The van der Waals surface area contributed by atoms with Gasteiger partial charge in [0.2, 0.25) is 0 Å². The van der Waals surface area contributed by atoms with Crippen LogP contribution < -0.4 is 5.73 Å². The van der Waals surface area contributed by atoms with Crippen LogP contribution in [-0.2, 0) is 0 Å². The molecule has 2 aromatic rings. The monoisotopic (exact) mass is 296 g/mol. The van der Waals surface area contributed by atoms with E-state index in [0.29, 0.717) is 0 Å². The molecule has 0 aliphatic rings. The van der Waals surface area contributed by atoms with Crippen LogP contribution in [0.1, 0.15) is 21.6 Å². The highest BCUT2D eigenvalue weighted by Gasteiger charge is 2.22. The van der Waals surface area contributed by atoms with Crippen LogP contribution in [0.4, 0.5) is 18.9 Å². The number of pyridine rings is 1. The lowest BCUT2D eigenvalue weighted by molar-refractivity contribution is 0.0689. The van der Waals surface area contributed by atoms with Crippen LogP contribution in [0.15, 0.2) is 12.1 Å². The SMILES string of the molecule is Cc1cc(F)c(-c2nc(C(=O)O)c(C)c(N)c2F)cc1F. The lowest BCUT2D eigenvalue weighted by Crippen LogP contribution is -2.11. The summed E-state index contributed by atoms with van der Waals surface area (Å²) in [5.74, 6) is -4.20. The maximum atomic E-state index is 14.1. The number of aromatic carboxylic acids is 1. The van der Waals surface area contributed by atoms with Crippen molar-refractivity contribution in [3.05, 3.63) is 46.4 Å². The van der Waals surface area contributed by atoms with E-state index >= 15 is 0 Å². The van der Waals surface area contributed by atoms with E-state index < -0.39 is 46.1 Å². The van der Waals surface area contributed by atoms with Gasteiger partial charge in [-0.1, -0.05) is 0 Å². The Kier molecular flexibility index (Phi) is 3.59. The number of carbonyl (C=O) groups is 1. The van der Waals surface area contributed by atoms with Gasteiger partial charge in [-0.15, -0.1) is 0 Å². The van der Waals surface area contributed by atoms with Gasteiger partial charge in [0.25, 0.3) is 0 Å². The minimum Gasteiger partial charge on any atom is -0.477 e. The number of rotatable bonds is 2. The Balaban J connectivity index is 2.81. The van der Waals surface area contributed by atoms with Gasteiger partial charge in [0.15, 0.2) is 11.5 Å². The van der Waals surface area contributed by atoms with Crippen LogP contribution in [0.3, 0.4) is 0 Å². The molecule has 110 valence electrons. The molecule has 0 radical (unpaired) electrons. The first-order valence-corrected chi connectivity index (χ1v) is 5.89. The maximum absolute atomic E-state index is 14.1. The fourth-order valence-electron chi connectivity index (χ4n) is 1.88. The summed E-state index contributed by atoms with van der Waals surface area (Å²) in [5, 5.41) is 9.01. The summed E-state index contributed by atoms with van der Waals surface area (Å²) in [4.78, 5) is 14.6. The van der Waals surface area contributed by atoms with Crippen LogP contribution in [0, 0.1) is 31.3 Å². The fraction of sp³-hybridized carbons (Fsp3) is 0.143. The third-order valence-corrected chi connectivity index (χ3v) is 3.13. The first-order valence-electron chi connectivity index (χ1n) is 5.89. The van der Waals surface area contributed by atoms with Gasteiger partial charge >= 0.3 is 5.97 Å². The average Bonchev–Trinajstić information content (AvgIpc) is 2.41. The van der Waals surface area contributed by atoms with Crippen LogP contribution in [0.2, 0.25) is 0 Å². The van der Waals surface area contributed by atoms with Gasteiger partial charge in [-0.2, -0.15) is 0 Å². The summed E-state index contributed by atoms with van der Waals surface area (Å²) in [5.41, 5.74) is 3.36. The van der Waals surface area contributed by atoms with E-state index in [4.69, 9.17) is 10.8 Å². The van der Waals surface area contributed by atoms with E-state index in [1.54, 1.807) is 0 Å². The van der Waals surface area contributed by atoms with Gasteiger partial charge in [-0.25, -0.2) is 22.9 Å². The van der Waals surface area contributed by atoms with Crippen molar-refractivity contribution in [3.8, 4) is 11.3 Å². The Hall–Kier alpha value is -2.57. The fourth-order valence-corrected chi connectivity index (χ4v) is 1.88. The van der Waals surface area contributed by atoms with Crippen molar-refractivity contribution in [2.45, 2.75) is 13.8 Å². The molecule has 0 fully saturated rings. The van der Waals surface area contributed by atoms with Crippen LogP contribution in [-0.4, -0.2) is 16.1 Å². The van der Waals surface area contributed by atoms with E-state index in [9.17, 15) is 18.0 Å². The molecule has 1 heterocycles. The summed E-state index contributed by atoms with van der Waals surface area (Å²) in [7, 11) is 0. The number of benzene rings is 1. The van der Waals surface area contributed by atoms with Crippen LogP contribution >= 0.6 is 0 Å². The van der Waals surface area contributed by atoms with Gasteiger partial charge in [-0.3, -0.25) is 0 Å². The van der Waals surface area contributed by atoms with Crippen molar-refractivity contribution < 1.29 is 23.1 Å². The number of carboxylic acid groups (broad SMARTS) is 1. The zero-order chi connectivity index (χ0) is 15.9. The van der Waals surface area contributed by atoms with E-state index in [1.807, 2.05) is 0 Å². The summed E-state index contributed by atoms with van der Waals surface area (Å²) >= 11 is 0. The minimum absolute atomic E-state index is 0.0372. The van der Waals surface area contributed by atoms with Gasteiger partial charge in [-0.05, 0) is 31.5 Å². The molecule has 2 rings (SSSR count). The van der Waals surface area contributed by atoms with Crippen molar-refractivity contribution >= 4 is 11.7 Å². The van der Waals surface area contributed by atoms with Crippen molar-refractivity contribution in [1.82, 2.24) is 4.98 Å². The third-order valence-electron chi connectivity index (χ3n) is 3.13. The summed E-state index contributed by atoms with van der Waals surface area (Å²) in [6.07, 6.45) is 0. The number of halogens is 3. The summed E-state index contributed by atoms with van der Waals surface area (Å²) < 4.78 is 41.6. The average molecular weight is 296 g/mol. The number of hydrogen-bond acceptors (Lipinski definition) is 3. The number of nitrogens with zero attached hydrogens (tertiary/aromatic N) is 1. The molecule has 0 aliphatic carbocycles. The molecule has 0 amide bonds. The second-order valence-corrected chi connectivity index (χ2v) is 4.55. The standard InChI is InChI=1S/C14H11F3N2O2/c1-5-3-9(16)7(4-8(5)15)13-10(17)11(18)6(2)12(19-13)14(20)21/h3-4H,1-2H3,(H2,18,19)(H,20,21). The Morgan fingerprint density at radius 3 is 2.38 bits per heavy atom. The summed E-state index contributed by atoms with van der Waals surface area (Å²) in [6, 6.07) is 1.64. The molecule has 0 atom stereocenters. The molecule has 1 aromatic carbocycles. The molecule has 4 nitrogen and oxygen atoms in total. The molecule has 0 bridgehead atoms. The zero-order valence-electron chi connectivity index (χ0n) is 11.2. The van der Waals surface area contributed by atoms with E-state index in [2.05, 4.69) is 4.98 Å². The highest BCUT2D eigenvalue weighted by molar-refractivity contribution is 5.90. The Morgan fingerprint density at radius 1 is 1.19 bits per heavy atom. The first-order chi connectivity index (χ1) is 9.73. The van der Waals surface area contributed by atoms with Crippen LogP contribution in [0.5, 0.6) is 0 Å². The second kappa shape index (κ2) is 5.08. The number of anilines is 1. The first kappa shape index (κ1) is 14.8. The van der Waals surface area contributed by atoms with Crippen LogP contribution in [0.25, 0.3) is 11.3 Å². The quantitative estimate of drug-likeness (QED) is 0.893. The Bertz CT molecular complexity index is 761. The zero-order valence-corrected chi connectivity index (χ0v) is 11.2. The highest BCUT2D eigenvalue weighted by Crippen LogP contribution is 2.31. The topological polar surface area (TPSA) is 76.2 Å². The molecule has 0 unspecified atom stereocenters. The number of hydrogen-bond donors (Lipinski definition) is 2. The maximum Gasteiger partial charge on any atom is 0.354 e. The molecule has 1 aromatic heterocycles. The van der Waals surface area contributed by atoms with Crippen molar-refractivity contribution in [3.63, 3.8) is 0 Å². The number of carboxylic acids is 1. The summed E-state index contributed by atoms with van der Waals surface area (Å²) in [6.45, 7) is 2.63. The molecule has 7 heteroatoms. The Morgan fingerprint density at radius 2 is 1.81 bits per heavy atom. The highest BCUT2D eigenvalue weighted by atomic mass is 19.1. The van der Waals surface area contributed by atoms with Gasteiger partial charge in [0.1, 0.15) is 17.3 Å². The minimum atomic E-state index is -1.44. The molecular formula is C14H11F3N2O2. The molecule has 21 heavy (non-hydrogen) atoms. The predicted molar refractivity (Wildman–Crippen MR) is 70.4 cm³/mol. The number of nitrogens with two attached hydrogens (primary N) is 1. The molecular weight excluding hydrogens is 285 g/mol. The third kappa shape index (κ3) is 2.42. The van der Waals surface area contributed by atoms with Crippen molar-refractivity contribution in [2.24, 2.45) is 0 Å². The van der Waals surface area contributed by atoms with Crippen molar-refractivity contribution in [1.29, 1.82) is 0 Å². The normalized spacial score (nSPS) is 10.7. The molecule has 0 spiro atoms. The largest absolute Gasteiger partial charge is 0.477 e. The lowest BCUT2D eigenvalue weighted by atomic mass is 10.0. The van der Waals surface area contributed by atoms with Gasteiger partial charge < -0.3 is 10.8 Å². The lowest BCUT2D eigenvalue weighted by Gasteiger charge is -2.11. The molecule has 0 saturated carbocycles. The smallest absolute Gasteiger partial charge is 0.354 e. The second-order valence-electron chi connectivity index (χ2n) is 4.55. The number of nitrogen functional groups attached to an aromatic ring is 1. The van der Waals surface area contributed by atoms with Gasteiger partial charge in [0, 0.05) is 11.1 Å². The van der Waals surface area contributed by atoms with Gasteiger partial charge in [0.05, 0.1) is 5.69 Å². The van der Waals surface area contributed by atoms with E-state index in [1.165, 1.54) is 13.8 Å².